The van der Waals surface area contributed by atoms with E-state index in [-0.39, 0.29) is 31.4 Å². The van der Waals surface area contributed by atoms with E-state index < -0.39 is 65.6 Å². The van der Waals surface area contributed by atoms with Gasteiger partial charge in [-0.2, -0.15) is 0 Å². The predicted octanol–water partition coefficient (Wildman–Crippen LogP) is 5.40. The molecule has 11 heteroatoms. The summed E-state index contributed by atoms with van der Waals surface area (Å²) in [4.78, 5) is 59.8. The lowest BCUT2D eigenvalue weighted by Gasteiger charge is -2.41. The van der Waals surface area contributed by atoms with Gasteiger partial charge >= 0.3 is 5.97 Å². The largest absolute Gasteiger partial charge is 0.455 e. The van der Waals surface area contributed by atoms with Crippen LogP contribution in [0.25, 0.3) is 0 Å². The van der Waals surface area contributed by atoms with Gasteiger partial charge < -0.3 is 29.7 Å². The van der Waals surface area contributed by atoms with Crippen LogP contribution in [0, 0.1) is 17.8 Å². The molecule has 5 rings (SSSR count). The number of benzene rings is 2. The Labute approximate surface area is 299 Å². The highest BCUT2D eigenvalue weighted by molar-refractivity contribution is 6.34. The lowest BCUT2D eigenvalue weighted by atomic mass is 9.70. The minimum atomic E-state index is -1.34. The molecule has 3 heterocycles. The average Bonchev–Trinajstić information content (AvgIpc) is 3.76. The van der Waals surface area contributed by atoms with E-state index in [1.54, 1.807) is 43.3 Å². The molecule has 2 aromatic carbocycles. The third-order valence-electron chi connectivity index (χ3n) is 10.6. The van der Waals surface area contributed by atoms with Gasteiger partial charge in [0.25, 0.3) is 5.91 Å². The fourth-order valence-electron chi connectivity index (χ4n) is 8.00. The number of aliphatic hydroxyl groups excluding tert-OH is 1. The van der Waals surface area contributed by atoms with Crippen molar-refractivity contribution in [1.82, 2.24) is 10.2 Å². The Kier molecular flexibility index (Phi) is 11.9. The Hall–Kier alpha value is -3.99. The van der Waals surface area contributed by atoms with E-state index in [0.29, 0.717) is 42.0 Å². The molecule has 10 nitrogen and oxygen atoms in total. The van der Waals surface area contributed by atoms with Gasteiger partial charge in [-0.05, 0) is 49.8 Å². The van der Waals surface area contributed by atoms with Crippen molar-refractivity contribution in [2.75, 3.05) is 18.1 Å². The van der Waals surface area contributed by atoms with E-state index in [0.717, 1.165) is 0 Å². The number of rotatable bonds is 16. The van der Waals surface area contributed by atoms with Gasteiger partial charge in [-0.3, -0.25) is 19.2 Å². The maximum absolute atomic E-state index is 14.9. The minimum Gasteiger partial charge on any atom is -0.455 e. The van der Waals surface area contributed by atoms with Crippen molar-refractivity contribution in [2.24, 2.45) is 17.8 Å². The number of hydrogen-bond acceptors (Lipinski definition) is 7. The van der Waals surface area contributed by atoms with Gasteiger partial charge in [-0.25, -0.2) is 0 Å². The zero-order chi connectivity index (χ0) is 36.2. The summed E-state index contributed by atoms with van der Waals surface area (Å²) >= 11 is 6.60. The number of carbonyl (C=O) groups is 4. The van der Waals surface area contributed by atoms with Gasteiger partial charge in [0, 0.05) is 13.0 Å². The number of para-hydroxylation sites is 1. The second kappa shape index (κ2) is 15.9. The first-order valence-electron chi connectivity index (χ1n) is 17.5. The number of allylic oxidation sites excluding steroid dienone is 1. The molecule has 0 saturated carbocycles. The lowest BCUT2D eigenvalue weighted by molar-refractivity contribution is -0.162. The number of ether oxygens (including phenoxy) is 2. The van der Waals surface area contributed by atoms with Crippen molar-refractivity contribution in [1.29, 1.82) is 0 Å². The number of fused-ring (bicyclic) bond motifs is 1. The van der Waals surface area contributed by atoms with Crippen LogP contribution in [0.2, 0.25) is 5.02 Å². The Morgan fingerprint density at radius 1 is 1.14 bits per heavy atom. The molecular weight excluding hydrogens is 658 g/mol. The lowest BCUT2D eigenvalue weighted by Crippen LogP contribution is -2.60. The summed E-state index contributed by atoms with van der Waals surface area (Å²) in [6.07, 6.45) is 3.92. The molecular formula is C39H48ClN3O7. The second-order valence-electron chi connectivity index (χ2n) is 13.6. The van der Waals surface area contributed by atoms with E-state index in [2.05, 4.69) is 18.5 Å². The summed E-state index contributed by atoms with van der Waals surface area (Å²) in [6.45, 7) is 12.9. The molecule has 3 amide bonds. The highest BCUT2D eigenvalue weighted by Gasteiger charge is 2.76. The van der Waals surface area contributed by atoms with E-state index in [1.165, 1.54) is 9.80 Å². The van der Waals surface area contributed by atoms with E-state index >= 15 is 0 Å². The molecule has 0 radical (unpaired) electrons. The van der Waals surface area contributed by atoms with Crippen LogP contribution < -0.4 is 10.2 Å². The summed E-state index contributed by atoms with van der Waals surface area (Å²) in [5, 5.41) is 14.0. The third-order valence-corrected chi connectivity index (χ3v) is 10.9. The second-order valence-corrected chi connectivity index (χ2v) is 14.0. The highest BCUT2D eigenvalue weighted by atomic mass is 35.5. The first kappa shape index (κ1) is 37.3. The van der Waals surface area contributed by atoms with Gasteiger partial charge in [0.1, 0.15) is 17.7 Å². The maximum Gasteiger partial charge on any atom is 0.313 e. The van der Waals surface area contributed by atoms with Gasteiger partial charge in [0.05, 0.1) is 47.3 Å². The normalized spacial score (nSPS) is 26.0. The standard InChI is InChI=1S/C39H48ClN3O7/c1-6-9-19-31(45)41-25(5)34(26-15-11-10-12-16-26)49-38(48)32-30-20-21-39(50-30)33(32)36(46)43(29(23-44)24(4)8-3)35(39)37(47)42(22-7-2)28-18-14-13-17-27(28)40/h6-7,10-18,24-25,29-30,32-35,44H,1-2,8-9,19-23H2,3-5H3,(H,41,45)/t24-,25-,29-,30+,32-,33-,34-,35+,39-/m0/s1. The third kappa shape index (κ3) is 6.85. The summed E-state index contributed by atoms with van der Waals surface area (Å²) in [7, 11) is 0. The van der Waals surface area contributed by atoms with Crippen LogP contribution in [0.4, 0.5) is 5.69 Å². The van der Waals surface area contributed by atoms with Crippen LogP contribution >= 0.6 is 11.6 Å². The highest BCUT2D eigenvalue weighted by Crippen LogP contribution is 2.60. The van der Waals surface area contributed by atoms with Crippen LogP contribution in [0.5, 0.6) is 0 Å². The number of esters is 1. The van der Waals surface area contributed by atoms with Crippen molar-refractivity contribution >= 4 is 41.0 Å². The number of nitrogens with one attached hydrogen (secondary N) is 1. The zero-order valence-electron chi connectivity index (χ0n) is 29.0. The van der Waals surface area contributed by atoms with Gasteiger partial charge in [-0.1, -0.05) is 86.5 Å². The van der Waals surface area contributed by atoms with Crippen molar-refractivity contribution in [3.8, 4) is 0 Å². The van der Waals surface area contributed by atoms with Gasteiger partial charge in [0.15, 0.2) is 0 Å². The molecule has 2 aromatic rings. The Morgan fingerprint density at radius 3 is 2.48 bits per heavy atom. The zero-order valence-corrected chi connectivity index (χ0v) is 29.8. The number of aliphatic hydroxyl groups is 1. The molecule has 3 saturated heterocycles. The first-order chi connectivity index (χ1) is 24.0. The molecule has 0 aliphatic carbocycles. The van der Waals surface area contributed by atoms with Crippen molar-refractivity contribution in [3.63, 3.8) is 0 Å². The molecule has 0 unspecified atom stereocenters. The average molecular weight is 706 g/mol. The quantitative estimate of drug-likeness (QED) is 0.177. The molecule has 3 aliphatic heterocycles. The number of hydrogen-bond donors (Lipinski definition) is 2. The molecule has 2 bridgehead atoms. The molecule has 50 heavy (non-hydrogen) atoms. The summed E-state index contributed by atoms with van der Waals surface area (Å²) in [5.74, 6) is -3.89. The summed E-state index contributed by atoms with van der Waals surface area (Å²) < 4.78 is 12.9. The molecule has 2 N–H and O–H groups in total. The number of likely N-dealkylation sites (tertiary alicyclic amines) is 1. The van der Waals surface area contributed by atoms with Crippen LogP contribution in [0.1, 0.15) is 64.5 Å². The Bertz CT molecular complexity index is 1590. The van der Waals surface area contributed by atoms with Gasteiger partial charge in [-0.15, -0.1) is 13.2 Å². The SMILES string of the molecule is C=CCCC(=O)N[C@@H](C)[C@H](OC(=O)[C@@H]1[C@H]2C(=O)N([C@@H](CO)[C@@H](C)CC)[C@H](C(=O)N(CC=C)c3ccccc3Cl)[C@]23CC[C@H]1O3)c1ccccc1. The van der Waals surface area contributed by atoms with Gasteiger partial charge in [0.2, 0.25) is 11.8 Å². The monoisotopic (exact) mass is 705 g/mol. The van der Waals surface area contributed by atoms with Crippen LogP contribution in [0.15, 0.2) is 79.9 Å². The Balaban J connectivity index is 1.53. The van der Waals surface area contributed by atoms with Crippen molar-refractivity contribution < 1.29 is 33.8 Å². The molecule has 3 aliphatic rings. The van der Waals surface area contributed by atoms with E-state index in [4.69, 9.17) is 21.1 Å². The molecule has 1 spiro atoms. The van der Waals surface area contributed by atoms with Crippen LogP contribution in [-0.2, 0) is 28.7 Å². The molecule has 3 fully saturated rings. The van der Waals surface area contributed by atoms with Crippen LogP contribution in [0.3, 0.4) is 0 Å². The number of anilines is 1. The number of amides is 3. The molecule has 9 atom stereocenters. The number of carbonyl (C=O) groups excluding carboxylic acids is 4. The van der Waals surface area contributed by atoms with Crippen molar-refractivity contribution in [2.45, 2.75) is 88.8 Å². The summed E-state index contributed by atoms with van der Waals surface area (Å²) in [6, 6.07) is 13.6. The van der Waals surface area contributed by atoms with Crippen molar-refractivity contribution in [3.05, 3.63) is 90.5 Å². The topological polar surface area (TPSA) is 125 Å². The molecule has 268 valence electrons. The fourth-order valence-corrected chi connectivity index (χ4v) is 8.24. The predicted molar refractivity (Wildman–Crippen MR) is 191 cm³/mol. The van der Waals surface area contributed by atoms with E-state index in [1.807, 2.05) is 44.2 Å². The minimum absolute atomic E-state index is 0.110. The fraction of sp³-hybridized carbons (Fsp3) is 0.487. The van der Waals surface area contributed by atoms with Crippen LogP contribution in [-0.4, -0.2) is 76.7 Å². The van der Waals surface area contributed by atoms with E-state index in [9.17, 15) is 24.3 Å². The molecule has 0 aromatic heterocycles. The Morgan fingerprint density at radius 2 is 1.84 bits per heavy atom. The smallest absolute Gasteiger partial charge is 0.313 e. The number of halogens is 1. The first-order valence-corrected chi connectivity index (χ1v) is 17.9. The maximum atomic E-state index is 14.9. The summed E-state index contributed by atoms with van der Waals surface area (Å²) in [5.41, 5.74) is -0.203. The number of nitrogens with zero attached hydrogens (tertiary/aromatic N) is 2.